The van der Waals surface area contributed by atoms with E-state index in [2.05, 4.69) is 22.0 Å². The van der Waals surface area contributed by atoms with Gasteiger partial charge in [0.15, 0.2) is 5.88 Å². The van der Waals surface area contributed by atoms with E-state index in [1.54, 1.807) is 14.2 Å². The highest BCUT2D eigenvalue weighted by Crippen LogP contribution is 2.42. The van der Waals surface area contributed by atoms with E-state index in [1.165, 1.54) is 12.8 Å². The molecule has 2 saturated heterocycles. The topological polar surface area (TPSA) is 129 Å². The standard InChI is InChI=1S/C35H43N7O4/c1-19(37-30(43)17-35(46-4)11-12-35)26-9-7-22-13-28(40(33(22)38-26)18-21-5-6-21)32-20(2)41-29(39-32)14-23(15-31(41)45-3)34(44)42-24-8-10-27(42)25(36)16-24/h7,9,13-15,19,21,24-25,27H,5-6,8,10-12,16-18,36H2,1-4H3,(H,37,43)/t19-,24+,25-,27-/m1/s1. The van der Waals surface area contributed by atoms with Gasteiger partial charge in [-0.15, -0.1) is 0 Å². The lowest BCUT2D eigenvalue weighted by Gasteiger charge is -2.23. The molecule has 0 radical (unpaired) electrons. The number of methoxy groups -OCH3 is 2. The van der Waals surface area contributed by atoms with Crippen LogP contribution in [0.25, 0.3) is 28.1 Å². The first-order valence-electron chi connectivity index (χ1n) is 16.7. The van der Waals surface area contributed by atoms with Crippen LogP contribution in [-0.4, -0.2) is 73.6 Å². The molecule has 46 heavy (non-hydrogen) atoms. The fourth-order valence-electron chi connectivity index (χ4n) is 7.87. The number of amides is 2. The summed E-state index contributed by atoms with van der Waals surface area (Å²) in [4.78, 5) is 38.8. The molecule has 8 rings (SSSR count). The van der Waals surface area contributed by atoms with Crippen LogP contribution in [0.15, 0.2) is 30.3 Å². The second kappa shape index (κ2) is 10.8. The molecule has 11 heteroatoms. The zero-order valence-electron chi connectivity index (χ0n) is 27.1. The van der Waals surface area contributed by atoms with Crippen molar-refractivity contribution in [2.45, 2.75) is 102 Å². The SMILES string of the molecule is COc1cc(C(=O)N2[C@H]3CC[C@@H]2[C@H](N)C3)cc2nc(-c3cc4ccc([C@@H](C)NC(=O)CC5(OC)CC5)nc4n3CC3CC3)c(C)n12. The maximum Gasteiger partial charge on any atom is 0.254 e. The monoisotopic (exact) mass is 625 g/mol. The number of nitrogens with zero attached hydrogens (tertiary/aromatic N) is 5. The van der Waals surface area contributed by atoms with Crippen LogP contribution in [0.1, 0.15) is 86.1 Å². The van der Waals surface area contributed by atoms with Crippen LogP contribution in [0.3, 0.4) is 0 Å². The number of imidazole rings is 1. The number of nitrogens with one attached hydrogen (secondary N) is 1. The molecule has 2 aliphatic carbocycles. The van der Waals surface area contributed by atoms with Gasteiger partial charge in [-0.25, -0.2) is 9.97 Å². The Morgan fingerprint density at radius 1 is 1.11 bits per heavy atom. The molecule has 3 N–H and O–H groups in total. The van der Waals surface area contributed by atoms with Crippen molar-refractivity contribution in [3.8, 4) is 17.3 Å². The molecule has 2 bridgehead atoms. The van der Waals surface area contributed by atoms with Crippen molar-refractivity contribution in [1.29, 1.82) is 0 Å². The summed E-state index contributed by atoms with van der Waals surface area (Å²) in [5, 5.41) is 4.15. The minimum atomic E-state index is -0.293. The summed E-state index contributed by atoms with van der Waals surface area (Å²) in [5.41, 5.74) is 11.8. The molecular weight excluding hydrogens is 582 g/mol. The highest BCUT2D eigenvalue weighted by atomic mass is 16.5. The van der Waals surface area contributed by atoms with Crippen LogP contribution in [-0.2, 0) is 16.1 Å². The number of hydrogen-bond acceptors (Lipinski definition) is 7. The number of hydrogen-bond donors (Lipinski definition) is 2. The summed E-state index contributed by atoms with van der Waals surface area (Å²) in [7, 11) is 3.31. The maximum absolute atomic E-state index is 13.8. The summed E-state index contributed by atoms with van der Waals surface area (Å²) in [6.45, 7) is 4.87. The van der Waals surface area contributed by atoms with Crippen molar-refractivity contribution in [2.24, 2.45) is 11.7 Å². The third kappa shape index (κ3) is 4.86. The van der Waals surface area contributed by atoms with E-state index in [4.69, 9.17) is 25.2 Å². The number of fused-ring (bicyclic) bond motifs is 4. The van der Waals surface area contributed by atoms with Gasteiger partial charge in [-0.05, 0) is 89.0 Å². The molecule has 6 heterocycles. The third-order valence-corrected chi connectivity index (χ3v) is 10.9. The van der Waals surface area contributed by atoms with Gasteiger partial charge in [0.25, 0.3) is 5.91 Å². The number of nitrogens with two attached hydrogens (primary N) is 1. The molecule has 2 aliphatic heterocycles. The van der Waals surface area contributed by atoms with E-state index in [0.29, 0.717) is 29.4 Å². The van der Waals surface area contributed by atoms with Crippen LogP contribution in [0, 0.1) is 12.8 Å². The molecule has 0 spiro atoms. The van der Waals surface area contributed by atoms with Gasteiger partial charge >= 0.3 is 0 Å². The van der Waals surface area contributed by atoms with Crippen molar-refractivity contribution in [2.75, 3.05) is 14.2 Å². The van der Waals surface area contributed by atoms with E-state index < -0.39 is 0 Å². The van der Waals surface area contributed by atoms with Gasteiger partial charge in [-0.1, -0.05) is 0 Å². The Labute approximate surface area is 268 Å². The first-order valence-corrected chi connectivity index (χ1v) is 16.7. The fourth-order valence-corrected chi connectivity index (χ4v) is 7.87. The first-order chi connectivity index (χ1) is 22.2. The van der Waals surface area contributed by atoms with Crippen molar-refractivity contribution in [3.63, 3.8) is 0 Å². The summed E-state index contributed by atoms with van der Waals surface area (Å²) in [6, 6.07) is 10.1. The molecular formula is C35H43N7O4. The molecule has 2 saturated carbocycles. The normalized spacial score (nSPS) is 23.8. The average Bonchev–Trinajstić information content (AvgIpc) is 3.88. The Kier molecular flexibility index (Phi) is 6.91. The van der Waals surface area contributed by atoms with Crippen LogP contribution in [0.5, 0.6) is 5.88 Å². The highest BCUT2D eigenvalue weighted by Gasteiger charge is 2.47. The molecule has 11 nitrogen and oxygen atoms in total. The largest absolute Gasteiger partial charge is 0.482 e. The first kappa shape index (κ1) is 29.4. The van der Waals surface area contributed by atoms with Crippen molar-refractivity contribution >= 4 is 28.5 Å². The van der Waals surface area contributed by atoms with Gasteiger partial charge in [-0.2, -0.15) is 0 Å². The molecule has 4 aromatic heterocycles. The van der Waals surface area contributed by atoms with E-state index in [0.717, 1.165) is 72.5 Å². The van der Waals surface area contributed by atoms with E-state index in [1.807, 2.05) is 41.3 Å². The van der Waals surface area contributed by atoms with Gasteiger partial charge < -0.3 is 30.0 Å². The minimum absolute atomic E-state index is 0.00115. The van der Waals surface area contributed by atoms with Gasteiger partial charge in [0.05, 0.1) is 42.3 Å². The number of aromatic nitrogens is 4. The maximum atomic E-state index is 13.8. The van der Waals surface area contributed by atoms with Gasteiger partial charge in [0.2, 0.25) is 5.91 Å². The lowest BCUT2D eigenvalue weighted by atomic mass is 9.97. The molecule has 242 valence electrons. The lowest BCUT2D eigenvalue weighted by molar-refractivity contribution is -0.124. The quantitative estimate of drug-likeness (QED) is 0.265. The molecule has 4 aromatic rings. The summed E-state index contributed by atoms with van der Waals surface area (Å²) in [6.07, 6.45) is 7.44. The third-order valence-electron chi connectivity index (χ3n) is 10.9. The van der Waals surface area contributed by atoms with Crippen LogP contribution < -0.4 is 15.8 Å². The van der Waals surface area contributed by atoms with Gasteiger partial charge in [0, 0.05) is 48.8 Å². The van der Waals surface area contributed by atoms with E-state index in [9.17, 15) is 9.59 Å². The summed E-state index contributed by atoms with van der Waals surface area (Å²) < 4.78 is 15.7. The molecule has 0 aromatic carbocycles. The number of carbonyl (C=O) groups is 2. The zero-order valence-corrected chi connectivity index (χ0v) is 27.1. The van der Waals surface area contributed by atoms with Crippen LogP contribution in [0.2, 0.25) is 0 Å². The predicted molar refractivity (Wildman–Crippen MR) is 174 cm³/mol. The number of ether oxygens (including phenoxy) is 2. The highest BCUT2D eigenvalue weighted by molar-refractivity contribution is 5.97. The Hall–Kier alpha value is -3.96. The Balaban J connectivity index is 1.15. The lowest BCUT2D eigenvalue weighted by Crippen LogP contribution is -2.40. The number of aryl methyl sites for hydroxylation is 1. The fraction of sp³-hybridized carbons (Fsp3) is 0.543. The number of carbonyl (C=O) groups excluding carboxylic acids is 2. The molecule has 4 atom stereocenters. The van der Waals surface area contributed by atoms with Crippen LogP contribution >= 0.6 is 0 Å². The molecule has 4 fully saturated rings. The van der Waals surface area contributed by atoms with Gasteiger partial charge in [0.1, 0.15) is 17.0 Å². The summed E-state index contributed by atoms with van der Waals surface area (Å²) >= 11 is 0. The van der Waals surface area contributed by atoms with Crippen molar-refractivity contribution in [3.05, 3.63) is 47.3 Å². The van der Waals surface area contributed by atoms with Crippen molar-refractivity contribution < 1.29 is 19.1 Å². The Bertz CT molecular complexity index is 1870. The minimum Gasteiger partial charge on any atom is -0.482 e. The molecule has 0 unspecified atom stereocenters. The van der Waals surface area contributed by atoms with E-state index >= 15 is 0 Å². The van der Waals surface area contributed by atoms with Crippen molar-refractivity contribution in [1.82, 2.24) is 29.2 Å². The zero-order chi connectivity index (χ0) is 31.9. The summed E-state index contributed by atoms with van der Waals surface area (Å²) in [5.74, 6) is 1.15. The number of pyridine rings is 2. The Morgan fingerprint density at radius 3 is 2.57 bits per heavy atom. The van der Waals surface area contributed by atoms with E-state index in [-0.39, 0.29) is 41.6 Å². The van der Waals surface area contributed by atoms with Gasteiger partial charge in [-0.3, -0.25) is 14.0 Å². The second-order valence-corrected chi connectivity index (χ2v) is 14.0. The predicted octanol–water partition coefficient (Wildman–Crippen LogP) is 4.53. The smallest absolute Gasteiger partial charge is 0.254 e. The molecule has 2 amide bonds. The second-order valence-electron chi connectivity index (χ2n) is 14.0. The van der Waals surface area contributed by atoms with Crippen LogP contribution in [0.4, 0.5) is 0 Å². The number of rotatable bonds is 10. The molecule has 4 aliphatic rings. The Morgan fingerprint density at radius 2 is 1.91 bits per heavy atom. The average molecular weight is 626 g/mol.